The van der Waals surface area contributed by atoms with Gasteiger partial charge in [-0.05, 0) is 12.0 Å². The Balaban J connectivity index is 2.38. The van der Waals surface area contributed by atoms with Gasteiger partial charge in [-0.3, -0.25) is 9.59 Å². The van der Waals surface area contributed by atoms with Crippen LogP contribution in [0, 0.1) is 5.92 Å². The maximum absolute atomic E-state index is 11.7. The maximum Gasteiger partial charge on any atom is 0.308 e. The third-order valence-electron chi connectivity index (χ3n) is 4.28. The topological polar surface area (TPSA) is 43.4 Å². The van der Waals surface area contributed by atoms with E-state index in [0.29, 0.717) is 12.2 Å². The second-order valence-corrected chi connectivity index (χ2v) is 6.80. The van der Waals surface area contributed by atoms with Crippen molar-refractivity contribution < 1.29 is 18.8 Å². The average Bonchev–Trinajstić information content (AvgIpc) is 2.58. The second kappa shape index (κ2) is 10.0. The molecule has 0 aromatic heterocycles. The minimum Gasteiger partial charge on any atom is -0.459 e. The van der Waals surface area contributed by atoms with Crippen molar-refractivity contribution in [3.63, 3.8) is 0 Å². The molecule has 0 aliphatic rings. The zero-order valence-electron chi connectivity index (χ0n) is 15.3. The highest BCUT2D eigenvalue weighted by molar-refractivity contribution is 5.81. The van der Waals surface area contributed by atoms with Gasteiger partial charge in [0.05, 0.1) is 26.6 Å². The van der Waals surface area contributed by atoms with Crippen molar-refractivity contribution in [2.45, 2.75) is 26.7 Å². The molecule has 132 valence electrons. The number of hydrogen-bond donors (Lipinski definition) is 0. The summed E-state index contributed by atoms with van der Waals surface area (Å²) in [5, 5.41) is 0. The molecule has 0 spiro atoms. The van der Waals surface area contributed by atoms with Crippen LogP contribution >= 0.6 is 0 Å². The van der Waals surface area contributed by atoms with Gasteiger partial charge in [-0.25, -0.2) is 0 Å². The van der Waals surface area contributed by atoms with Crippen molar-refractivity contribution in [2.24, 2.45) is 5.92 Å². The summed E-state index contributed by atoms with van der Waals surface area (Å²) < 4.78 is 6.11. The minimum atomic E-state index is -0.108. The van der Waals surface area contributed by atoms with Gasteiger partial charge in [0, 0.05) is 12.0 Å². The molecule has 1 unspecified atom stereocenters. The van der Waals surface area contributed by atoms with E-state index in [1.54, 1.807) is 0 Å². The number of quaternary nitrogens is 1. The molecule has 0 heterocycles. The number of hydrogen-bond acceptors (Lipinski definition) is 3. The summed E-state index contributed by atoms with van der Waals surface area (Å²) in [6.45, 7) is 6.07. The zero-order valence-corrected chi connectivity index (χ0v) is 15.3. The summed E-state index contributed by atoms with van der Waals surface area (Å²) in [4.78, 5) is 22.7. The largest absolute Gasteiger partial charge is 0.459 e. The van der Waals surface area contributed by atoms with Gasteiger partial charge in [-0.15, -0.1) is 0 Å². The molecule has 0 amide bonds. The highest BCUT2D eigenvalue weighted by Gasteiger charge is 2.17. The molecule has 4 heteroatoms. The molecule has 1 aromatic carbocycles. The van der Waals surface area contributed by atoms with E-state index in [1.165, 1.54) is 0 Å². The number of likely N-dealkylation sites (N-methyl/N-ethyl adjacent to an activating group) is 1. The van der Waals surface area contributed by atoms with Gasteiger partial charge in [-0.2, -0.15) is 0 Å². The van der Waals surface area contributed by atoms with Crippen molar-refractivity contribution in [1.82, 2.24) is 0 Å². The van der Waals surface area contributed by atoms with E-state index in [2.05, 4.69) is 20.2 Å². The SMILES string of the molecule is CCC(C)C(=O)OCC[N+](C)(C)CC/C=C/c1ccccc1C=O. The predicted octanol–water partition coefficient (Wildman–Crippen LogP) is 3.57. The average molecular weight is 332 g/mol. The quantitative estimate of drug-likeness (QED) is 0.374. The van der Waals surface area contributed by atoms with Gasteiger partial charge in [0.15, 0.2) is 6.29 Å². The van der Waals surface area contributed by atoms with Crippen molar-refractivity contribution in [2.75, 3.05) is 33.8 Å². The molecule has 4 nitrogen and oxygen atoms in total. The third kappa shape index (κ3) is 7.09. The number of nitrogens with zero attached hydrogens (tertiary/aromatic N) is 1. The Hall–Kier alpha value is -1.94. The lowest BCUT2D eigenvalue weighted by atomic mass is 10.1. The van der Waals surface area contributed by atoms with E-state index in [9.17, 15) is 9.59 Å². The number of ether oxygens (including phenoxy) is 1. The minimum absolute atomic E-state index is 0.0265. The van der Waals surface area contributed by atoms with Gasteiger partial charge in [0.2, 0.25) is 0 Å². The van der Waals surface area contributed by atoms with Crippen molar-refractivity contribution in [3.05, 3.63) is 41.5 Å². The van der Waals surface area contributed by atoms with Gasteiger partial charge in [-0.1, -0.05) is 50.3 Å². The van der Waals surface area contributed by atoms with Crippen LogP contribution in [0.5, 0.6) is 0 Å². The predicted molar refractivity (Wildman–Crippen MR) is 97.7 cm³/mol. The molecule has 0 aliphatic heterocycles. The molecule has 0 saturated heterocycles. The summed E-state index contributed by atoms with van der Waals surface area (Å²) in [6.07, 6.45) is 6.68. The van der Waals surface area contributed by atoms with E-state index < -0.39 is 0 Å². The van der Waals surface area contributed by atoms with Gasteiger partial charge < -0.3 is 9.22 Å². The molecule has 1 aromatic rings. The Bertz CT molecular complexity index is 564. The molecule has 0 saturated carbocycles. The number of carbonyl (C=O) groups is 2. The second-order valence-electron chi connectivity index (χ2n) is 6.80. The fraction of sp³-hybridized carbons (Fsp3) is 0.500. The molecule has 0 N–H and O–H groups in total. The van der Waals surface area contributed by atoms with E-state index in [0.717, 1.165) is 42.3 Å². The van der Waals surface area contributed by atoms with Crippen LogP contribution in [0.15, 0.2) is 30.3 Å². The third-order valence-corrected chi connectivity index (χ3v) is 4.28. The molecule has 0 aliphatic carbocycles. The van der Waals surface area contributed by atoms with Crippen LogP contribution in [0.1, 0.15) is 42.6 Å². The number of benzene rings is 1. The first-order valence-electron chi connectivity index (χ1n) is 8.59. The zero-order chi connectivity index (χ0) is 18.0. The first kappa shape index (κ1) is 20.1. The van der Waals surface area contributed by atoms with Gasteiger partial charge in [0.1, 0.15) is 13.2 Å². The first-order chi connectivity index (χ1) is 11.4. The summed E-state index contributed by atoms with van der Waals surface area (Å²) in [6, 6.07) is 7.55. The highest BCUT2D eigenvalue weighted by atomic mass is 16.5. The van der Waals surface area contributed by atoms with E-state index in [4.69, 9.17) is 4.74 Å². The van der Waals surface area contributed by atoms with Crippen LogP contribution in [-0.4, -0.2) is 50.5 Å². The lowest BCUT2D eigenvalue weighted by Gasteiger charge is -2.29. The molecule has 0 radical (unpaired) electrons. The van der Waals surface area contributed by atoms with E-state index >= 15 is 0 Å². The molecule has 1 rings (SSSR count). The molecule has 24 heavy (non-hydrogen) atoms. The fourth-order valence-electron chi connectivity index (χ4n) is 2.22. The Morgan fingerprint density at radius 3 is 2.50 bits per heavy atom. The monoisotopic (exact) mass is 332 g/mol. The molecule has 0 fully saturated rings. The Morgan fingerprint density at radius 2 is 1.88 bits per heavy atom. The Kier molecular flexibility index (Phi) is 8.41. The van der Waals surface area contributed by atoms with Gasteiger partial charge >= 0.3 is 5.97 Å². The van der Waals surface area contributed by atoms with Crippen LogP contribution < -0.4 is 0 Å². The molecular weight excluding hydrogens is 302 g/mol. The first-order valence-corrected chi connectivity index (χ1v) is 8.59. The Morgan fingerprint density at radius 1 is 1.21 bits per heavy atom. The van der Waals surface area contributed by atoms with Crippen molar-refractivity contribution in [1.29, 1.82) is 0 Å². The molecular formula is C20H30NO3+. The lowest BCUT2D eigenvalue weighted by Crippen LogP contribution is -2.43. The van der Waals surface area contributed by atoms with Crippen LogP contribution in [0.4, 0.5) is 0 Å². The standard InChI is InChI=1S/C20H30NO3/c1-5-17(2)20(23)24-15-14-21(3,4)13-9-8-11-18-10-6-7-12-19(18)16-22/h6-8,10-12,16-17H,5,9,13-15H2,1-4H3/q+1/b11-8+. The Labute approximate surface area is 145 Å². The molecule has 1 atom stereocenters. The van der Waals surface area contributed by atoms with Crippen LogP contribution in [0.2, 0.25) is 0 Å². The summed E-state index contributed by atoms with van der Waals surface area (Å²) in [7, 11) is 4.26. The number of rotatable bonds is 10. The molecule has 0 bridgehead atoms. The number of aldehydes is 1. The smallest absolute Gasteiger partial charge is 0.308 e. The van der Waals surface area contributed by atoms with Crippen LogP contribution in [-0.2, 0) is 9.53 Å². The summed E-state index contributed by atoms with van der Waals surface area (Å²) in [5.74, 6) is -0.135. The van der Waals surface area contributed by atoms with Crippen molar-refractivity contribution in [3.8, 4) is 0 Å². The van der Waals surface area contributed by atoms with Crippen LogP contribution in [0.3, 0.4) is 0 Å². The fourth-order valence-corrected chi connectivity index (χ4v) is 2.22. The number of esters is 1. The summed E-state index contributed by atoms with van der Waals surface area (Å²) >= 11 is 0. The van der Waals surface area contributed by atoms with Crippen LogP contribution in [0.25, 0.3) is 6.08 Å². The van der Waals surface area contributed by atoms with E-state index in [-0.39, 0.29) is 11.9 Å². The van der Waals surface area contributed by atoms with Gasteiger partial charge in [0.25, 0.3) is 0 Å². The lowest BCUT2D eigenvalue weighted by molar-refractivity contribution is -0.890. The normalized spacial score (nSPS) is 13.0. The maximum atomic E-state index is 11.7. The highest BCUT2D eigenvalue weighted by Crippen LogP contribution is 2.10. The van der Waals surface area contributed by atoms with Crippen molar-refractivity contribution >= 4 is 18.3 Å². The number of carbonyl (C=O) groups excluding carboxylic acids is 2. The summed E-state index contributed by atoms with van der Waals surface area (Å²) in [5.41, 5.74) is 1.65. The van der Waals surface area contributed by atoms with E-state index in [1.807, 2.05) is 44.2 Å².